The molecule has 13 heavy (non-hydrogen) atoms. The molecule has 1 N–H and O–H groups in total. The van der Waals surface area contributed by atoms with Gasteiger partial charge < -0.3 is 5.11 Å². The predicted molar refractivity (Wildman–Crippen MR) is 48.3 cm³/mol. The van der Waals surface area contributed by atoms with E-state index in [1.54, 1.807) is 12.1 Å². The van der Waals surface area contributed by atoms with Gasteiger partial charge in [-0.25, -0.2) is 0 Å². The van der Waals surface area contributed by atoms with Crippen molar-refractivity contribution in [1.82, 2.24) is 4.90 Å². The third kappa shape index (κ3) is 1.26. The number of carbonyl (C=O) groups excluding carboxylic acids is 1. The Morgan fingerprint density at radius 3 is 3.08 bits per heavy atom. The number of benzene rings is 1. The highest BCUT2D eigenvalue weighted by Crippen LogP contribution is 2.30. The average molecular weight is 177 g/mol. The van der Waals surface area contributed by atoms with E-state index < -0.39 is 6.23 Å². The van der Waals surface area contributed by atoms with Crippen LogP contribution in [0.4, 0.5) is 0 Å². The Labute approximate surface area is 76.6 Å². The maximum absolute atomic E-state index is 10.5. The standard InChI is InChI=1S/C10H11NO2/c1-11-5-8-3-2-7(6-12)4-9(8)10(11)13/h2-4,6,10,13H,5H2,1H3. The zero-order chi connectivity index (χ0) is 9.42. The number of nitrogens with zero attached hydrogens (tertiary/aromatic N) is 1. The summed E-state index contributed by atoms with van der Waals surface area (Å²) < 4.78 is 0. The summed E-state index contributed by atoms with van der Waals surface area (Å²) in [6, 6.07) is 5.42. The van der Waals surface area contributed by atoms with E-state index in [1.807, 2.05) is 18.0 Å². The fourth-order valence-corrected chi connectivity index (χ4v) is 1.66. The van der Waals surface area contributed by atoms with Gasteiger partial charge in [-0.15, -0.1) is 0 Å². The van der Waals surface area contributed by atoms with E-state index >= 15 is 0 Å². The second-order valence-corrected chi connectivity index (χ2v) is 3.36. The molecule has 2 rings (SSSR count). The number of carbonyl (C=O) groups is 1. The summed E-state index contributed by atoms with van der Waals surface area (Å²) in [5, 5.41) is 9.68. The van der Waals surface area contributed by atoms with Crippen molar-refractivity contribution in [2.45, 2.75) is 12.8 Å². The van der Waals surface area contributed by atoms with E-state index in [4.69, 9.17) is 0 Å². The SMILES string of the molecule is CN1Cc2ccc(C=O)cc2C1O. The van der Waals surface area contributed by atoms with Gasteiger partial charge in [-0.2, -0.15) is 0 Å². The van der Waals surface area contributed by atoms with Crippen molar-refractivity contribution >= 4 is 6.29 Å². The molecule has 0 saturated heterocycles. The molecule has 1 aliphatic heterocycles. The highest BCUT2D eigenvalue weighted by atomic mass is 16.3. The quantitative estimate of drug-likeness (QED) is 0.649. The molecule has 1 aromatic carbocycles. The Morgan fingerprint density at radius 2 is 2.38 bits per heavy atom. The first-order valence-electron chi connectivity index (χ1n) is 4.18. The molecule has 1 aliphatic rings. The Balaban J connectivity index is 2.47. The number of aliphatic hydroxyl groups excluding tert-OH is 1. The third-order valence-corrected chi connectivity index (χ3v) is 2.42. The first-order chi connectivity index (χ1) is 6.22. The molecule has 1 unspecified atom stereocenters. The van der Waals surface area contributed by atoms with Gasteiger partial charge in [-0.3, -0.25) is 9.69 Å². The summed E-state index contributed by atoms with van der Waals surface area (Å²) in [7, 11) is 1.85. The second-order valence-electron chi connectivity index (χ2n) is 3.36. The molecular weight excluding hydrogens is 166 g/mol. The number of aliphatic hydroxyl groups is 1. The molecule has 0 bridgehead atoms. The highest BCUT2D eigenvalue weighted by Gasteiger charge is 2.24. The lowest BCUT2D eigenvalue weighted by molar-refractivity contribution is 0.0337. The number of hydrogen-bond acceptors (Lipinski definition) is 3. The van der Waals surface area contributed by atoms with Crippen molar-refractivity contribution < 1.29 is 9.90 Å². The molecule has 0 aromatic heterocycles. The summed E-state index contributed by atoms with van der Waals surface area (Å²) in [5.74, 6) is 0. The van der Waals surface area contributed by atoms with Gasteiger partial charge in [0, 0.05) is 17.7 Å². The van der Waals surface area contributed by atoms with Gasteiger partial charge in [0.2, 0.25) is 0 Å². The van der Waals surface area contributed by atoms with Crippen molar-refractivity contribution in [2.24, 2.45) is 0 Å². The Bertz CT molecular complexity index is 349. The second kappa shape index (κ2) is 2.94. The van der Waals surface area contributed by atoms with Crippen molar-refractivity contribution in [3.05, 3.63) is 34.9 Å². The minimum absolute atomic E-state index is 0.560. The summed E-state index contributed by atoms with van der Waals surface area (Å²) >= 11 is 0. The van der Waals surface area contributed by atoms with Gasteiger partial charge in [0.1, 0.15) is 12.5 Å². The molecular formula is C10H11NO2. The van der Waals surface area contributed by atoms with Crippen LogP contribution in [-0.4, -0.2) is 23.3 Å². The van der Waals surface area contributed by atoms with E-state index in [0.29, 0.717) is 5.56 Å². The zero-order valence-electron chi connectivity index (χ0n) is 7.40. The lowest BCUT2D eigenvalue weighted by Gasteiger charge is -2.12. The fourth-order valence-electron chi connectivity index (χ4n) is 1.66. The van der Waals surface area contributed by atoms with Crippen molar-refractivity contribution in [1.29, 1.82) is 0 Å². The van der Waals surface area contributed by atoms with Gasteiger partial charge in [0.15, 0.2) is 0 Å². The molecule has 0 fully saturated rings. The summed E-state index contributed by atoms with van der Waals surface area (Å²) in [5.41, 5.74) is 2.57. The Morgan fingerprint density at radius 1 is 1.62 bits per heavy atom. The van der Waals surface area contributed by atoms with Crippen LogP contribution in [0.5, 0.6) is 0 Å². The van der Waals surface area contributed by atoms with Crippen LogP contribution < -0.4 is 0 Å². The van der Waals surface area contributed by atoms with Crippen LogP contribution in [0.15, 0.2) is 18.2 Å². The molecule has 3 nitrogen and oxygen atoms in total. The molecule has 68 valence electrons. The van der Waals surface area contributed by atoms with Crippen LogP contribution in [0.25, 0.3) is 0 Å². The van der Waals surface area contributed by atoms with Gasteiger partial charge >= 0.3 is 0 Å². The Kier molecular flexibility index (Phi) is 1.90. The maximum Gasteiger partial charge on any atom is 0.150 e. The summed E-state index contributed by atoms with van der Waals surface area (Å²) in [4.78, 5) is 12.3. The lowest BCUT2D eigenvalue weighted by atomic mass is 10.1. The van der Waals surface area contributed by atoms with E-state index in [2.05, 4.69) is 0 Å². The maximum atomic E-state index is 10.5. The van der Waals surface area contributed by atoms with Crippen LogP contribution in [0.2, 0.25) is 0 Å². The topological polar surface area (TPSA) is 40.5 Å². The van der Waals surface area contributed by atoms with E-state index in [-0.39, 0.29) is 0 Å². The van der Waals surface area contributed by atoms with E-state index in [9.17, 15) is 9.90 Å². The molecule has 1 aromatic rings. The molecule has 0 radical (unpaired) electrons. The first-order valence-corrected chi connectivity index (χ1v) is 4.18. The monoisotopic (exact) mass is 177 g/mol. The molecule has 0 saturated carbocycles. The highest BCUT2D eigenvalue weighted by molar-refractivity contribution is 5.75. The summed E-state index contributed by atoms with van der Waals surface area (Å²) in [6.07, 6.45) is 0.237. The first kappa shape index (κ1) is 8.41. The number of fused-ring (bicyclic) bond motifs is 1. The van der Waals surface area contributed by atoms with Crippen molar-refractivity contribution in [2.75, 3.05) is 7.05 Å². The molecule has 0 amide bonds. The van der Waals surface area contributed by atoms with Gasteiger partial charge in [-0.1, -0.05) is 12.1 Å². The molecule has 0 spiro atoms. The molecule has 3 heteroatoms. The minimum Gasteiger partial charge on any atom is -0.374 e. The van der Waals surface area contributed by atoms with Crippen molar-refractivity contribution in [3.63, 3.8) is 0 Å². The fraction of sp³-hybridized carbons (Fsp3) is 0.300. The van der Waals surface area contributed by atoms with Gasteiger partial charge in [0.05, 0.1) is 0 Å². The summed E-state index contributed by atoms with van der Waals surface area (Å²) in [6.45, 7) is 0.746. The van der Waals surface area contributed by atoms with Gasteiger partial charge in [0.25, 0.3) is 0 Å². The normalized spacial score (nSPS) is 21.5. The minimum atomic E-state index is -0.560. The molecule has 1 heterocycles. The lowest BCUT2D eigenvalue weighted by Crippen LogP contribution is -2.15. The van der Waals surface area contributed by atoms with Crippen LogP contribution in [-0.2, 0) is 6.54 Å². The third-order valence-electron chi connectivity index (χ3n) is 2.42. The van der Waals surface area contributed by atoms with Crippen LogP contribution in [0.3, 0.4) is 0 Å². The number of rotatable bonds is 1. The molecule has 0 aliphatic carbocycles. The smallest absolute Gasteiger partial charge is 0.150 e. The van der Waals surface area contributed by atoms with E-state index in [0.717, 1.165) is 24.0 Å². The Hall–Kier alpha value is -1.19. The van der Waals surface area contributed by atoms with E-state index in [1.165, 1.54) is 0 Å². The largest absolute Gasteiger partial charge is 0.374 e. The predicted octanol–water partition coefficient (Wildman–Crippen LogP) is 0.935. The van der Waals surface area contributed by atoms with Crippen molar-refractivity contribution in [3.8, 4) is 0 Å². The number of hydrogen-bond donors (Lipinski definition) is 1. The van der Waals surface area contributed by atoms with Crippen LogP contribution in [0.1, 0.15) is 27.7 Å². The zero-order valence-corrected chi connectivity index (χ0v) is 7.40. The van der Waals surface area contributed by atoms with Crippen LogP contribution >= 0.6 is 0 Å². The molecule has 1 atom stereocenters. The number of aldehydes is 1. The average Bonchev–Trinajstić information content (AvgIpc) is 2.43. The van der Waals surface area contributed by atoms with Gasteiger partial charge in [-0.05, 0) is 18.7 Å². The van der Waals surface area contributed by atoms with Crippen LogP contribution in [0, 0.1) is 0 Å².